The molecule has 0 saturated heterocycles. The summed E-state index contributed by atoms with van der Waals surface area (Å²) in [6.45, 7) is 6.23. The first kappa shape index (κ1) is 22.5. The van der Waals surface area contributed by atoms with Crippen LogP contribution in [-0.2, 0) is 14.8 Å². The van der Waals surface area contributed by atoms with Gasteiger partial charge >= 0.3 is 0 Å². The van der Waals surface area contributed by atoms with E-state index in [-0.39, 0.29) is 28.4 Å². The summed E-state index contributed by atoms with van der Waals surface area (Å²) < 4.78 is 22.8. The van der Waals surface area contributed by atoms with Gasteiger partial charge in [-0.1, -0.05) is 49.7 Å². The zero-order valence-electron chi connectivity index (χ0n) is 17.8. The van der Waals surface area contributed by atoms with Gasteiger partial charge in [0.25, 0.3) is 0 Å². The molecule has 0 unspecified atom stereocenters. The lowest BCUT2D eigenvalue weighted by Gasteiger charge is -2.24. The second-order valence-corrected chi connectivity index (χ2v) is 10.0. The van der Waals surface area contributed by atoms with Gasteiger partial charge in [-0.15, -0.1) is 0 Å². The van der Waals surface area contributed by atoms with E-state index in [0.717, 1.165) is 42.4 Å². The minimum atomic E-state index is -3.69. The van der Waals surface area contributed by atoms with Crippen LogP contribution >= 0.6 is 0 Å². The van der Waals surface area contributed by atoms with Crippen molar-refractivity contribution < 1.29 is 13.2 Å². The van der Waals surface area contributed by atoms with Crippen molar-refractivity contribution in [1.82, 2.24) is 10.6 Å². The number of carbonyl (C=O) groups is 1. The lowest BCUT2D eigenvalue weighted by Crippen LogP contribution is -2.48. The van der Waals surface area contributed by atoms with E-state index in [9.17, 15) is 13.2 Å². The molecule has 0 aromatic heterocycles. The van der Waals surface area contributed by atoms with Gasteiger partial charge in [-0.3, -0.25) is 10.1 Å². The van der Waals surface area contributed by atoms with Crippen LogP contribution in [0.5, 0.6) is 0 Å². The Morgan fingerprint density at radius 1 is 1.07 bits per heavy atom. The third-order valence-electron chi connectivity index (χ3n) is 5.70. The van der Waals surface area contributed by atoms with E-state index < -0.39 is 10.0 Å². The SMILES string of the molecule is CCC[C@H](N[C@H](C)c1ccc(-c2ccc(S(N)(=O)=O)cc2)cc1)C(=O)NC1(C)CC1. The van der Waals surface area contributed by atoms with Crippen molar-refractivity contribution in [3.8, 4) is 11.1 Å². The Balaban J connectivity index is 1.67. The molecule has 1 fully saturated rings. The first-order chi connectivity index (χ1) is 14.1. The maximum atomic E-state index is 12.7. The zero-order valence-corrected chi connectivity index (χ0v) is 18.6. The van der Waals surface area contributed by atoms with Gasteiger partial charge in [0.2, 0.25) is 15.9 Å². The highest BCUT2D eigenvalue weighted by Gasteiger charge is 2.40. The van der Waals surface area contributed by atoms with E-state index in [2.05, 4.69) is 31.4 Å². The molecule has 1 saturated carbocycles. The molecule has 30 heavy (non-hydrogen) atoms. The Labute approximate surface area is 179 Å². The zero-order chi connectivity index (χ0) is 21.9. The van der Waals surface area contributed by atoms with Crippen LogP contribution in [0.3, 0.4) is 0 Å². The summed E-state index contributed by atoms with van der Waals surface area (Å²) in [4.78, 5) is 12.8. The van der Waals surface area contributed by atoms with E-state index in [1.165, 1.54) is 12.1 Å². The van der Waals surface area contributed by atoms with Crippen LogP contribution in [-0.4, -0.2) is 25.9 Å². The maximum absolute atomic E-state index is 12.7. The minimum Gasteiger partial charge on any atom is -0.350 e. The summed E-state index contributed by atoms with van der Waals surface area (Å²) in [5.41, 5.74) is 2.97. The molecule has 0 radical (unpaired) electrons. The van der Waals surface area contributed by atoms with Crippen LogP contribution in [0.2, 0.25) is 0 Å². The number of hydrogen-bond donors (Lipinski definition) is 3. The van der Waals surface area contributed by atoms with Crippen LogP contribution < -0.4 is 15.8 Å². The molecule has 7 heteroatoms. The van der Waals surface area contributed by atoms with Crippen LogP contribution in [0.25, 0.3) is 11.1 Å². The standard InChI is InChI=1S/C23H31N3O3S/c1-4-5-21(22(27)26-23(3)14-15-23)25-16(2)17-6-8-18(9-7-17)19-10-12-20(13-11-19)30(24,28)29/h6-13,16,21,25H,4-5,14-15H2,1-3H3,(H,26,27)(H2,24,28,29)/t16-,21+/m1/s1. The number of amides is 1. The van der Waals surface area contributed by atoms with E-state index in [0.29, 0.717) is 0 Å². The highest BCUT2D eigenvalue weighted by atomic mass is 32.2. The summed E-state index contributed by atoms with van der Waals surface area (Å²) in [7, 11) is -3.69. The second kappa shape index (κ2) is 8.88. The molecule has 2 aromatic carbocycles. The number of primary sulfonamides is 1. The molecule has 0 aliphatic heterocycles. The van der Waals surface area contributed by atoms with Crippen molar-refractivity contribution >= 4 is 15.9 Å². The molecule has 0 spiro atoms. The van der Waals surface area contributed by atoms with Gasteiger partial charge in [0, 0.05) is 11.6 Å². The monoisotopic (exact) mass is 429 g/mol. The van der Waals surface area contributed by atoms with Crippen molar-refractivity contribution in [3.63, 3.8) is 0 Å². The second-order valence-electron chi connectivity index (χ2n) is 8.47. The highest BCUT2D eigenvalue weighted by Crippen LogP contribution is 2.34. The molecule has 2 aromatic rings. The first-order valence-corrected chi connectivity index (χ1v) is 12.0. The molecule has 3 rings (SSSR count). The van der Waals surface area contributed by atoms with E-state index >= 15 is 0 Å². The lowest BCUT2D eigenvalue weighted by molar-refractivity contribution is -0.124. The Kier molecular flexibility index (Phi) is 6.65. The Morgan fingerprint density at radius 2 is 1.60 bits per heavy atom. The fourth-order valence-corrected chi connectivity index (χ4v) is 3.99. The number of nitrogens with two attached hydrogens (primary N) is 1. The maximum Gasteiger partial charge on any atom is 0.238 e. The average molecular weight is 430 g/mol. The fraction of sp³-hybridized carbons (Fsp3) is 0.435. The quantitative estimate of drug-likeness (QED) is 0.568. The molecule has 2 atom stereocenters. The molecule has 0 heterocycles. The minimum absolute atomic E-state index is 0.0194. The Bertz CT molecular complexity index is 981. The van der Waals surface area contributed by atoms with Crippen LogP contribution in [0, 0.1) is 0 Å². The number of rotatable bonds is 9. The number of nitrogens with one attached hydrogen (secondary N) is 2. The summed E-state index contributed by atoms with van der Waals surface area (Å²) in [6.07, 6.45) is 3.82. The van der Waals surface area contributed by atoms with Crippen LogP contribution in [0.4, 0.5) is 0 Å². The molecule has 1 amide bonds. The number of sulfonamides is 1. The smallest absolute Gasteiger partial charge is 0.238 e. The Hall–Kier alpha value is -2.22. The van der Waals surface area contributed by atoms with Gasteiger partial charge in [0.15, 0.2) is 0 Å². The first-order valence-electron chi connectivity index (χ1n) is 10.4. The fourth-order valence-electron chi connectivity index (χ4n) is 3.48. The average Bonchev–Trinajstić information content (AvgIpc) is 3.43. The molecule has 0 bridgehead atoms. The molecule has 162 valence electrons. The lowest BCUT2D eigenvalue weighted by atomic mass is 10.0. The number of hydrogen-bond acceptors (Lipinski definition) is 4. The van der Waals surface area contributed by atoms with E-state index in [1.54, 1.807) is 12.1 Å². The topological polar surface area (TPSA) is 101 Å². The summed E-state index contributed by atoms with van der Waals surface area (Å²) in [5.74, 6) is 0.0789. The number of carbonyl (C=O) groups excluding carboxylic acids is 1. The van der Waals surface area contributed by atoms with Crippen molar-refractivity contribution in [2.75, 3.05) is 0 Å². The summed E-state index contributed by atoms with van der Waals surface area (Å²) in [5, 5.41) is 11.8. The number of benzene rings is 2. The van der Waals surface area contributed by atoms with Gasteiger partial charge in [0.05, 0.1) is 10.9 Å². The molecule has 6 nitrogen and oxygen atoms in total. The van der Waals surface area contributed by atoms with Crippen LogP contribution in [0.1, 0.15) is 58.1 Å². The third kappa shape index (κ3) is 5.68. The normalized spacial score (nSPS) is 17.2. The van der Waals surface area contributed by atoms with Crippen molar-refractivity contribution in [2.45, 2.75) is 69.0 Å². The predicted molar refractivity (Wildman–Crippen MR) is 119 cm³/mol. The molecule has 4 N–H and O–H groups in total. The van der Waals surface area contributed by atoms with Gasteiger partial charge in [-0.25, -0.2) is 13.6 Å². The highest BCUT2D eigenvalue weighted by molar-refractivity contribution is 7.89. The molecule has 1 aliphatic rings. The molecular weight excluding hydrogens is 398 g/mol. The molecule has 1 aliphatic carbocycles. The van der Waals surface area contributed by atoms with Crippen molar-refractivity contribution in [1.29, 1.82) is 0 Å². The van der Waals surface area contributed by atoms with Crippen molar-refractivity contribution in [2.24, 2.45) is 5.14 Å². The van der Waals surface area contributed by atoms with Gasteiger partial charge in [-0.05, 0) is 61.9 Å². The van der Waals surface area contributed by atoms with Gasteiger partial charge in [0.1, 0.15) is 0 Å². The van der Waals surface area contributed by atoms with E-state index in [4.69, 9.17) is 5.14 Å². The third-order valence-corrected chi connectivity index (χ3v) is 6.63. The van der Waals surface area contributed by atoms with Gasteiger partial charge < -0.3 is 5.32 Å². The van der Waals surface area contributed by atoms with Crippen molar-refractivity contribution in [3.05, 3.63) is 54.1 Å². The van der Waals surface area contributed by atoms with Gasteiger partial charge in [-0.2, -0.15) is 0 Å². The van der Waals surface area contributed by atoms with E-state index in [1.807, 2.05) is 24.3 Å². The van der Waals surface area contributed by atoms with Crippen LogP contribution in [0.15, 0.2) is 53.4 Å². The largest absolute Gasteiger partial charge is 0.350 e. The Morgan fingerprint density at radius 3 is 2.07 bits per heavy atom. The summed E-state index contributed by atoms with van der Waals surface area (Å²) >= 11 is 0. The molecular formula is C23H31N3O3S. The summed E-state index contributed by atoms with van der Waals surface area (Å²) in [6, 6.07) is 14.4. The predicted octanol–water partition coefficient (Wildman–Crippen LogP) is 3.49.